The monoisotopic (exact) mass is 265 g/mol. The molecule has 2 heteroatoms. The van der Waals surface area contributed by atoms with Gasteiger partial charge in [0.25, 0.3) is 0 Å². The Hall–Kier alpha value is -2.09. The normalized spacial score (nSPS) is 13.2. The van der Waals surface area contributed by atoms with Crippen molar-refractivity contribution >= 4 is 11.5 Å². The molecule has 1 aliphatic rings. The van der Waals surface area contributed by atoms with Gasteiger partial charge in [-0.25, -0.2) is 0 Å². The van der Waals surface area contributed by atoms with Crippen LogP contribution in [0.3, 0.4) is 0 Å². The average Bonchev–Trinajstić information content (AvgIpc) is 2.89. The molecule has 0 saturated carbocycles. The van der Waals surface area contributed by atoms with E-state index in [1.807, 2.05) is 24.3 Å². The van der Waals surface area contributed by atoms with E-state index in [4.69, 9.17) is 5.73 Å². The standard InChI is InChI=1S/C18H19NO/c19-17-8-5-13(6-9-17)11-18(20)12-14-4-7-15-2-1-3-16(15)10-14/h4-10H,1-3,11-12,19H2. The van der Waals surface area contributed by atoms with Gasteiger partial charge in [-0.3, -0.25) is 4.79 Å². The van der Waals surface area contributed by atoms with Gasteiger partial charge in [-0.15, -0.1) is 0 Å². The summed E-state index contributed by atoms with van der Waals surface area (Å²) in [6.07, 6.45) is 4.61. The molecule has 2 aromatic rings. The van der Waals surface area contributed by atoms with Crippen molar-refractivity contribution in [3.05, 3.63) is 64.7 Å². The first-order valence-corrected chi connectivity index (χ1v) is 7.17. The van der Waals surface area contributed by atoms with Gasteiger partial charge in [0.05, 0.1) is 0 Å². The molecule has 0 heterocycles. The molecular weight excluding hydrogens is 246 g/mol. The zero-order valence-corrected chi connectivity index (χ0v) is 11.6. The molecule has 20 heavy (non-hydrogen) atoms. The zero-order valence-electron chi connectivity index (χ0n) is 11.6. The van der Waals surface area contributed by atoms with Gasteiger partial charge in [0.2, 0.25) is 0 Å². The molecule has 0 fully saturated rings. The molecule has 0 aliphatic heterocycles. The quantitative estimate of drug-likeness (QED) is 0.863. The first-order chi connectivity index (χ1) is 9.70. The van der Waals surface area contributed by atoms with Crippen LogP contribution in [0.5, 0.6) is 0 Å². The number of Topliss-reactive ketones (excluding diaryl/α,β-unsaturated/α-hetero) is 1. The Kier molecular flexibility index (Phi) is 3.55. The molecular formula is C18H19NO. The van der Waals surface area contributed by atoms with Crippen LogP contribution in [0.25, 0.3) is 0 Å². The van der Waals surface area contributed by atoms with Crippen molar-refractivity contribution in [1.29, 1.82) is 0 Å². The molecule has 0 atom stereocenters. The minimum atomic E-state index is 0.257. The van der Waals surface area contributed by atoms with E-state index in [0.29, 0.717) is 12.8 Å². The molecule has 0 bridgehead atoms. The highest BCUT2D eigenvalue weighted by molar-refractivity contribution is 5.83. The topological polar surface area (TPSA) is 43.1 Å². The minimum Gasteiger partial charge on any atom is -0.399 e. The predicted octanol–water partition coefficient (Wildman–Crippen LogP) is 3.11. The van der Waals surface area contributed by atoms with Crippen molar-refractivity contribution in [2.75, 3.05) is 5.73 Å². The van der Waals surface area contributed by atoms with Crippen LogP contribution in [0, 0.1) is 0 Å². The van der Waals surface area contributed by atoms with Crippen LogP contribution in [0.4, 0.5) is 5.69 Å². The second kappa shape index (κ2) is 5.49. The van der Waals surface area contributed by atoms with E-state index >= 15 is 0 Å². The maximum absolute atomic E-state index is 12.1. The Morgan fingerprint density at radius 2 is 1.55 bits per heavy atom. The number of anilines is 1. The van der Waals surface area contributed by atoms with Gasteiger partial charge in [-0.1, -0.05) is 30.3 Å². The molecule has 2 N–H and O–H groups in total. The van der Waals surface area contributed by atoms with Crippen LogP contribution < -0.4 is 5.73 Å². The van der Waals surface area contributed by atoms with Gasteiger partial charge in [0, 0.05) is 18.5 Å². The van der Waals surface area contributed by atoms with Crippen LogP contribution in [-0.2, 0) is 30.5 Å². The lowest BCUT2D eigenvalue weighted by molar-refractivity contribution is -0.117. The van der Waals surface area contributed by atoms with Gasteiger partial charge >= 0.3 is 0 Å². The van der Waals surface area contributed by atoms with Gasteiger partial charge in [-0.05, 0) is 53.6 Å². The van der Waals surface area contributed by atoms with Crippen molar-refractivity contribution in [2.24, 2.45) is 0 Å². The Morgan fingerprint density at radius 1 is 0.900 bits per heavy atom. The molecule has 0 spiro atoms. The summed E-state index contributed by atoms with van der Waals surface area (Å²) in [5.74, 6) is 0.257. The smallest absolute Gasteiger partial charge is 0.141 e. The third-order valence-corrected chi connectivity index (χ3v) is 3.95. The van der Waals surface area contributed by atoms with E-state index < -0.39 is 0 Å². The number of fused-ring (bicyclic) bond motifs is 1. The number of hydrogen-bond donors (Lipinski definition) is 1. The number of nitrogen functional groups attached to an aromatic ring is 1. The molecule has 0 amide bonds. The summed E-state index contributed by atoms with van der Waals surface area (Å²) in [6, 6.07) is 14.0. The Labute approximate surface area is 119 Å². The first-order valence-electron chi connectivity index (χ1n) is 7.17. The zero-order chi connectivity index (χ0) is 13.9. The molecule has 1 aliphatic carbocycles. The number of rotatable bonds is 4. The molecule has 2 aromatic carbocycles. The lowest BCUT2D eigenvalue weighted by Crippen LogP contribution is -2.07. The minimum absolute atomic E-state index is 0.257. The van der Waals surface area contributed by atoms with Crippen molar-refractivity contribution in [3.63, 3.8) is 0 Å². The van der Waals surface area contributed by atoms with E-state index in [2.05, 4.69) is 18.2 Å². The molecule has 2 nitrogen and oxygen atoms in total. The van der Waals surface area contributed by atoms with Gasteiger partial charge < -0.3 is 5.73 Å². The highest BCUT2D eigenvalue weighted by Gasteiger charge is 2.12. The van der Waals surface area contributed by atoms with E-state index in [1.165, 1.54) is 24.0 Å². The Bertz CT molecular complexity index is 628. The summed E-state index contributed by atoms with van der Waals surface area (Å²) in [4.78, 5) is 12.1. The largest absolute Gasteiger partial charge is 0.399 e. The molecule has 3 rings (SSSR count). The van der Waals surface area contributed by atoms with Crippen molar-refractivity contribution in [3.8, 4) is 0 Å². The SMILES string of the molecule is Nc1ccc(CC(=O)Cc2ccc3c(c2)CCC3)cc1. The van der Waals surface area contributed by atoms with E-state index in [1.54, 1.807) is 0 Å². The summed E-state index contributed by atoms with van der Waals surface area (Å²) in [7, 11) is 0. The fourth-order valence-corrected chi connectivity index (χ4v) is 2.89. The molecule has 0 aromatic heterocycles. The summed E-state index contributed by atoms with van der Waals surface area (Å²) in [5.41, 5.74) is 11.5. The summed E-state index contributed by atoms with van der Waals surface area (Å²) < 4.78 is 0. The predicted molar refractivity (Wildman–Crippen MR) is 81.7 cm³/mol. The van der Waals surface area contributed by atoms with Crippen LogP contribution in [0.15, 0.2) is 42.5 Å². The maximum atomic E-state index is 12.1. The first kappa shape index (κ1) is 12.9. The van der Waals surface area contributed by atoms with Crippen LogP contribution in [-0.4, -0.2) is 5.78 Å². The number of ketones is 1. The Balaban J connectivity index is 1.65. The van der Waals surface area contributed by atoms with Crippen molar-refractivity contribution in [2.45, 2.75) is 32.1 Å². The van der Waals surface area contributed by atoms with Crippen molar-refractivity contribution < 1.29 is 4.79 Å². The number of hydrogen-bond acceptors (Lipinski definition) is 2. The Morgan fingerprint density at radius 3 is 2.35 bits per heavy atom. The summed E-state index contributed by atoms with van der Waals surface area (Å²) >= 11 is 0. The third-order valence-electron chi connectivity index (χ3n) is 3.95. The van der Waals surface area contributed by atoms with Gasteiger partial charge in [-0.2, -0.15) is 0 Å². The molecule has 102 valence electrons. The third kappa shape index (κ3) is 2.90. The van der Waals surface area contributed by atoms with Crippen LogP contribution in [0.1, 0.15) is 28.7 Å². The van der Waals surface area contributed by atoms with Gasteiger partial charge in [0.15, 0.2) is 0 Å². The number of benzene rings is 2. The van der Waals surface area contributed by atoms with E-state index in [0.717, 1.165) is 23.2 Å². The van der Waals surface area contributed by atoms with Crippen LogP contribution in [0.2, 0.25) is 0 Å². The maximum Gasteiger partial charge on any atom is 0.141 e. The summed E-state index contributed by atoms with van der Waals surface area (Å²) in [6.45, 7) is 0. The highest BCUT2D eigenvalue weighted by Crippen LogP contribution is 2.23. The number of carbonyl (C=O) groups excluding carboxylic acids is 1. The number of nitrogens with two attached hydrogens (primary N) is 1. The van der Waals surface area contributed by atoms with Gasteiger partial charge in [0.1, 0.15) is 5.78 Å². The van der Waals surface area contributed by atoms with E-state index in [9.17, 15) is 4.79 Å². The second-order valence-corrected chi connectivity index (χ2v) is 5.59. The fourth-order valence-electron chi connectivity index (χ4n) is 2.89. The average molecular weight is 265 g/mol. The second-order valence-electron chi connectivity index (χ2n) is 5.59. The summed E-state index contributed by atoms with van der Waals surface area (Å²) in [5, 5.41) is 0. The fraction of sp³-hybridized carbons (Fsp3) is 0.278. The van der Waals surface area contributed by atoms with Crippen molar-refractivity contribution in [1.82, 2.24) is 0 Å². The molecule has 0 unspecified atom stereocenters. The molecule has 0 radical (unpaired) electrons. The number of aryl methyl sites for hydroxylation is 2. The lowest BCUT2D eigenvalue weighted by atomic mass is 9.99. The van der Waals surface area contributed by atoms with E-state index in [-0.39, 0.29) is 5.78 Å². The molecule has 0 saturated heterocycles. The lowest BCUT2D eigenvalue weighted by Gasteiger charge is -2.05. The number of carbonyl (C=O) groups is 1. The van der Waals surface area contributed by atoms with Crippen LogP contribution >= 0.6 is 0 Å². The highest BCUT2D eigenvalue weighted by atomic mass is 16.1.